The number of carbonyl (C=O) groups is 1. The number of aryl methyl sites for hydroxylation is 1. The van der Waals surface area contributed by atoms with Gasteiger partial charge in [0.15, 0.2) is 5.78 Å². The molecular formula is C17H23NO3. The van der Waals surface area contributed by atoms with E-state index in [-0.39, 0.29) is 11.7 Å². The second kappa shape index (κ2) is 5.78. The minimum absolute atomic E-state index is 0.103. The van der Waals surface area contributed by atoms with Crippen LogP contribution in [0.5, 0.6) is 5.75 Å². The van der Waals surface area contributed by atoms with Gasteiger partial charge in [-0.3, -0.25) is 9.69 Å². The summed E-state index contributed by atoms with van der Waals surface area (Å²) in [6, 6.07) is 6.53. The van der Waals surface area contributed by atoms with E-state index < -0.39 is 0 Å². The minimum atomic E-state index is 0.103. The van der Waals surface area contributed by atoms with Crippen LogP contribution in [0, 0.1) is 12.8 Å². The molecule has 0 spiro atoms. The standard InChI is InChI=1S/C17H23NO3/c1-11-4-12(8-16(5-11)20-3)17(19)13-6-14-9-21-10-15(7-13)18(14)2/h4-5,8,13-15H,6-7,9-10H2,1-3H3. The van der Waals surface area contributed by atoms with E-state index in [1.807, 2.05) is 25.1 Å². The van der Waals surface area contributed by atoms with Crippen LogP contribution < -0.4 is 4.74 Å². The maximum Gasteiger partial charge on any atom is 0.166 e. The van der Waals surface area contributed by atoms with Gasteiger partial charge in [0.25, 0.3) is 0 Å². The van der Waals surface area contributed by atoms with Gasteiger partial charge in [0.1, 0.15) is 5.75 Å². The van der Waals surface area contributed by atoms with Crippen molar-refractivity contribution in [3.63, 3.8) is 0 Å². The van der Waals surface area contributed by atoms with E-state index in [0.29, 0.717) is 12.1 Å². The Kier molecular flexibility index (Phi) is 4.00. The zero-order valence-electron chi connectivity index (χ0n) is 13.0. The number of fused-ring (bicyclic) bond motifs is 2. The number of morpholine rings is 1. The molecule has 1 aromatic rings. The van der Waals surface area contributed by atoms with Gasteiger partial charge in [0.05, 0.1) is 20.3 Å². The first-order chi connectivity index (χ1) is 10.1. The highest BCUT2D eigenvalue weighted by molar-refractivity contribution is 5.98. The van der Waals surface area contributed by atoms with Crippen molar-refractivity contribution in [3.05, 3.63) is 29.3 Å². The van der Waals surface area contributed by atoms with Crippen molar-refractivity contribution in [2.24, 2.45) is 5.92 Å². The smallest absolute Gasteiger partial charge is 0.166 e. The third kappa shape index (κ3) is 2.83. The molecule has 0 amide bonds. The lowest BCUT2D eigenvalue weighted by Crippen LogP contribution is -2.55. The van der Waals surface area contributed by atoms with Gasteiger partial charge >= 0.3 is 0 Å². The van der Waals surface area contributed by atoms with Gasteiger partial charge in [-0.05, 0) is 50.6 Å². The number of Topliss-reactive ketones (excluding diaryl/α,β-unsaturated/α-hetero) is 1. The average Bonchev–Trinajstić information content (AvgIpc) is 2.45. The van der Waals surface area contributed by atoms with Gasteiger partial charge in [-0.25, -0.2) is 0 Å². The number of piperidine rings is 1. The maximum absolute atomic E-state index is 12.8. The summed E-state index contributed by atoms with van der Waals surface area (Å²) >= 11 is 0. The molecule has 2 fully saturated rings. The fraction of sp³-hybridized carbons (Fsp3) is 0.588. The average molecular weight is 289 g/mol. The second-order valence-corrected chi connectivity index (χ2v) is 6.28. The van der Waals surface area contributed by atoms with Gasteiger partial charge in [0, 0.05) is 23.6 Å². The highest BCUT2D eigenvalue weighted by Crippen LogP contribution is 2.33. The highest BCUT2D eigenvalue weighted by Gasteiger charge is 2.39. The van der Waals surface area contributed by atoms with Crippen LogP contribution in [0.15, 0.2) is 18.2 Å². The summed E-state index contributed by atoms with van der Waals surface area (Å²) in [5, 5.41) is 0. The summed E-state index contributed by atoms with van der Waals surface area (Å²) in [6.45, 7) is 3.48. The number of ketones is 1. The predicted molar refractivity (Wildman–Crippen MR) is 80.9 cm³/mol. The summed E-state index contributed by atoms with van der Waals surface area (Å²) < 4.78 is 10.9. The highest BCUT2D eigenvalue weighted by atomic mass is 16.5. The largest absolute Gasteiger partial charge is 0.497 e. The van der Waals surface area contributed by atoms with Crippen molar-refractivity contribution in [2.45, 2.75) is 31.8 Å². The van der Waals surface area contributed by atoms with Crippen molar-refractivity contribution >= 4 is 5.78 Å². The topological polar surface area (TPSA) is 38.8 Å². The first kappa shape index (κ1) is 14.5. The zero-order valence-corrected chi connectivity index (χ0v) is 13.0. The quantitative estimate of drug-likeness (QED) is 0.800. The van der Waals surface area contributed by atoms with Crippen LogP contribution in [0.3, 0.4) is 0 Å². The Morgan fingerprint density at radius 2 is 1.90 bits per heavy atom. The molecule has 0 aliphatic carbocycles. The van der Waals surface area contributed by atoms with Crippen LogP contribution >= 0.6 is 0 Å². The molecule has 2 saturated heterocycles. The molecule has 2 unspecified atom stereocenters. The molecule has 2 aliphatic heterocycles. The van der Waals surface area contributed by atoms with E-state index in [1.54, 1.807) is 7.11 Å². The summed E-state index contributed by atoms with van der Waals surface area (Å²) in [5.74, 6) is 1.11. The van der Waals surface area contributed by atoms with E-state index in [1.165, 1.54) is 0 Å². The lowest BCUT2D eigenvalue weighted by molar-refractivity contribution is -0.0702. The fourth-order valence-corrected chi connectivity index (χ4v) is 3.55. The van der Waals surface area contributed by atoms with Crippen LogP contribution in [0.1, 0.15) is 28.8 Å². The predicted octanol–water partition coefficient (Wildman–Crippen LogP) is 2.30. The number of ether oxygens (including phenoxy) is 2. The number of methoxy groups -OCH3 is 1. The van der Waals surface area contributed by atoms with Crippen molar-refractivity contribution in [1.29, 1.82) is 0 Å². The molecule has 21 heavy (non-hydrogen) atoms. The summed E-state index contributed by atoms with van der Waals surface area (Å²) in [7, 11) is 3.79. The van der Waals surface area contributed by atoms with Crippen LogP contribution in [0.4, 0.5) is 0 Å². The molecule has 4 heteroatoms. The molecule has 1 aromatic carbocycles. The molecule has 2 heterocycles. The fourth-order valence-electron chi connectivity index (χ4n) is 3.55. The van der Waals surface area contributed by atoms with Crippen LogP contribution in [0.25, 0.3) is 0 Å². The van der Waals surface area contributed by atoms with Crippen molar-refractivity contribution in [3.8, 4) is 5.75 Å². The van der Waals surface area contributed by atoms with Crippen LogP contribution in [0.2, 0.25) is 0 Å². The Bertz CT molecular complexity index is 529. The molecule has 2 bridgehead atoms. The molecule has 0 N–H and O–H groups in total. The Balaban J connectivity index is 1.81. The minimum Gasteiger partial charge on any atom is -0.497 e. The monoisotopic (exact) mass is 289 g/mol. The molecule has 2 atom stereocenters. The number of benzene rings is 1. The normalized spacial score (nSPS) is 29.2. The molecule has 0 saturated carbocycles. The lowest BCUT2D eigenvalue weighted by atomic mass is 9.81. The number of likely N-dealkylation sites (N-methyl/N-ethyl adjacent to an activating group) is 1. The Labute approximate surface area is 126 Å². The van der Waals surface area contributed by atoms with Gasteiger partial charge in [-0.15, -0.1) is 0 Å². The second-order valence-electron chi connectivity index (χ2n) is 6.28. The number of hydrogen-bond donors (Lipinski definition) is 0. The summed E-state index contributed by atoms with van der Waals surface area (Å²) in [5.41, 5.74) is 1.84. The molecule has 4 nitrogen and oxygen atoms in total. The third-order valence-electron chi connectivity index (χ3n) is 4.83. The van der Waals surface area contributed by atoms with Gasteiger partial charge in [-0.2, -0.15) is 0 Å². The van der Waals surface area contributed by atoms with E-state index in [2.05, 4.69) is 11.9 Å². The summed E-state index contributed by atoms with van der Waals surface area (Å²) in [4.78, 5) is 15.2. The van der Waals surface area contributed by atoms with E-state index in [4.69, 9.17) is 9.47 Å². The summed E-state index contributed by atoms with van der Waals surface area (Å²) in [6.07, 6.45) is 1.78. The SMILES string of the molecule is COc1cc(C)cc(C(=O)C2CC3COCC(C2)N3C)c1. The zero-order chi connectivity index (χ0) is 15.0. The molecule has 114 valence electrons. The van der Waals surface area contributed by atoms with E-state index >= 15 is 0 Å². The molecular weight excluding hydrogens is 266 g/mol. The van der Waals surface area contributed by atoms with Gasteiger partial charge < -0.3 is 9.47 Å². The van der Waals surface area contributed by atoms with E-state index in [0.717, 1.165) is 42.9 Å². The van der Waals surface area contributed by atoms with E-state index in [9.17, 15) is 4.79 Å². The first-order valence-corrected chi connectivity index (χ1v) is 7.58. The Morgan fingerprint density at radius 1 is 1.24 bits per heavy atom. The molecule has 0 aromatic heterocycles. The van der Waals surface area contributed by atoms with Crippen molar-refractivity contribution in [2.75, 3.05) is 27.4 Å². The lowest BCUT2D eigenvalue weighted by Gasteiger charge is -2.46. The Morgan fingerprint density at radius 3 is 2.52 bits per heavy atom. The van der Waals surface area contributed by atoms with Gasteiger partial charge in [0.2, 0.25) is 0 Å². The number of hydrogen-bond acceptors (Lipinski definition) is 4. The maximum atomic E-state index is 12.8. The van der Waals surface area contributed by atoms with Crippen LogP contribution in [-0.2, 0) is 4.74 Å². The van der Waals surface area contributed by atoms with Crippen molar-refractivity contribution in [1.82, 2.24) is 4.90 Å². The number of rotatable bonds is 3. The Hall–Kier alpha value is -1.39. The first-order valence-electron chi connectivity index (χ1n) is 7.58. The van der Waals surface area contributed by atoms with Gasteiger partial charge in [-0.1, -0.05) is 0 Å². The number of nitrogens with zero attached hydrogens (tertiary/aromatic N) is 1. The number of carbonyl (C=O) groups excluding carboxylic acids is 1. The van der Waals surface area contributed by atoms with Crippen LogP contribution in [-0.4, -0.2) is 50.1 Å². The molecule has 3 rings (SSSR count). The third-order valence-corrected chi connectivity index (χ3v) is 4.83. The molecule has 0 radical (unpaired) electrons. The molecule has 2 aliphatic rings. The van der Waals surface area contributed by atoms with Crippen molar-refractivity contribution < 1.29 is 14.3 Å².